The van der Waals surface area contributed by atoms with Crippen LogP contribution in [0.1, 0.15) is 43.2 Å². The van der Waals surface area contributed by atoms with E-state index >= 15 is 0 Å². The Morgan fingerprint density at radius 3 is 2.46 bits per heavy atom. The highest BCUT2D eigenvalue weighted by Crippen LogP contribution is 2.29. The van der Waals surface area contributed by atoms with E-state index < -0.39 is 11.9 Å². The average molecular weight is 358 g/mol. The van der Waals surface area contributed by atoms with Gasteiger partial charge in [0.25, 0.3) is 5.91 Å². The van der Waals surface area contributed by atoms with Crippen LogP contribution in [0.5, 0.6) is 0 Å². The quantitative estimate of drug-likeness (QED) is 0.821. The van der Waals surface area contributed by atoms with E-state index in [0.29, 0.717) is 12.2 Å². The van der Waals surface area contributed by atoms with Crippen LogP contribution in [0.3, 0.4) is 0 Å². The third-order valence-corrected chi connectivity index (χ3v) is 5.11. The summed E-state index contributed by atoms with van der Waals surface area (Å²) in [5.41, 5.74) is 2.79. The van der Waals surface area contributed by atoms with Gasteiger partial charge in [-0.2, -0.15) is 0 Å². The zero-order chi connectivity index (χ0) is 18.7. The van der Waals surface area contributed by atoms with E-state index in [0.717, 1.165) is 36.8 Å². The molecule has 6 heteroatoms. The van der Waals surface area contributed by atoms with E-state index in [1.807, 2.05) is 36.9 Å². The van der Waals surface area contributed by atoms with Gasteiger partial charge in [0.05, 0.1) is 5.92 Å². The maximum atomic E-state index is 12.2. The summed E-state index contributed by atoms with van der Waals surface area (Å²) in [6.45, 7) is 3.99. The number of carbonyl (C=O) groups excluding carboxylic acids is 3. The highest BCUT2D eigenvalue weighted by Gasteiger charge is 2.39. The maximum absolute atomic E-state index is 12.2. The van der Waals surface area contributed by atoms with Crippen molar-refractivity contribution in [1.82, 2.24) is 4.90 Å². The number of likely N-dealkylation sites (tertiary alicyclic amines) is 1. The van der Waals surface area contributed by atoms with Crippen molar-refractivity contribution >= 4 is 23.5 Å². The molecule has 1 aromatic rings. The molecule has 2 amide bonds. The molecule has 3 rings (SSSR count). The van der Waals surface area contributed by atoms with E-state index in [1.54, 1.807) is 0 Å². The van der Waals surface area contributed by atoms with Crippen molar-refractivity contribution in [1.29, 1.82) is 0 Å². The molecule has 0 aromatic heterocycles. The second kappa shape index (κ2) is 7.89. The number of nitrogens with one attached hydrogen (secondary N) is 1. The van der Waals surface area contributed by atoms with Crippen LogP contribution in [-0.4, -0.2) is 41.9 Å². The molecule has 1 atom stereocenters. The Balaban J connectivity index is 1.47. The molecule has 1 aliphatic carbocycles. The number of benzene rings is 1. The minimum atomic E-state index is -0.464. The highest BCUT2D eigenvalue weighted by atomic mass is 16.5. The Labute approximate surface area is 153 Å². The molecular formula is C20H26N2O4. The first kappa shape index (κ1) is 18.4. The van der Waals surface area contributed by atoms with Crippen LogP contribution in [-0.2, 0) is 19.1 Å². The number of amides is 2. The fourth-order valence-corrected chi connectivity index (χ4v) is 3.96. The molecule has 1 heterocycles. The number of nitrogens with zero attached hydrogens (tertiary/aromatic N) is 1. The molecule has 6 nitrogen and oxygen atoms in total. The number of carbonyl (C=O) groups is 3. The lowest BCUT2D eigenvalue weighted by Gasteiger charge is -2.23. The zero-order valence-corrected chi connectivity index (χ0v) is 15.4. The van der Waals surface area contributed by atoms with Crippen LogP contribution in [0.15, 0.2) is 18.2 Å². The Bertz CT molecular complexity index is 690. The van der Waals surface area contributed by atoms with E-state index in [2.05, 4.69) is 5.32 Å². The number of anilines is 1. The van der Waals surface area contributed by atoms with Crippen molar-refractivity contribution in [3.05, 3.63) is 29.3 Å². The van der Waals surface area contributed by atoms with Gasteiger partial charge in [0.15, 0.2) is 6.61 Å². The molecule has 140 valence electrons. The number of esters is 1. The number of ether oxygens (including phenoxy) is 1. The van der Waals surface area contributed by atoms with Crippen LogP contribution in [0.4, 0.5) is 5.69 Å². The molecule has 1 aromatic carbocycles. The van der Waals surface area contributed by atoms with Crippen LogP contribution in [0, 0.1) is 19.8 Å². The number of hydrogen-bond acceptors (Lipinski definition) is 4. The molecule has 1 saturated heterocycles. The largest absolute Gasteiger partial charge is 0.455 e. The van der Waals surface area contributed by atoms with Crippen molar-refractivity contribution in [2.45, 2.75) is 52.0 Å². The summed E-state index contributed by atoms with van der Waals surface area (Å²) in [5.74, 6) is -1.27. The summed E-state index contributed by atoms with van der Waals surface area (Å²) in [4.78, 5) is 38.2. The molecule has 0 radical (unpaired) electrons. The van der Waals surface area contributed by atoms with Gasteiger partial charge in [-0.1, -0.05) is 18.9 Å². The molecule has 0 bridgehead atoms. The van der Waals surface area contributed by atoms with Gasteiger partial charge in [0.1, 0.15) is 0 Å². The molecule has 0 unspecified atom stereocenters. The lowest BCUT2D eigenvalue weighted by Crippen LogP contribution is -2.35. The third kappa shape index (κ3) is 4.42. The second-order valence-electron chi connectivity index (χ2n) is 7.42. The van der Waals surface area contributed by atoms with Crippen LogP contribution in [0.25, 0.3) is 0 Å². The van der Waals surface area contributed by atoms with Crippen LogP contribution in [0.2, 0.25) is 0 Å². The minimum absolute atomic E-state index is 0.0264. The molecular weight excluding hydrogens is 332 g/mol. The minimum Gasteiger partial charge on any atom is -0.455 e. The lowest BCUT2D eigenvalue weighted by atomic mass is 10.1. The van der Waals surface area contributed by atoms with Gasteiger partial charge in [0, 0.05) is 24.7 Å². The Morgan fingerprint density at radius 2 is 1.81 bits per heavy atom. The first-order valence-corrected chi connectivity index (χ1v) is 9.26. The molecule has 1 aliphatic heterocycles. The maximum Gasteiger partial charge on any atom is 0.311 e. The third-order valence-electron chi connectivity index (χ3n) is 5.11. The van der Waals surface area contributed by atoms with Gasteiger partial charge in [-0.25, -0.2) is 0 Å². The fraction of sp³-hybridized carbons (Fsp3) is 0.550. The second-order valence-corrected chi connectivity index (χ2v) is 7.42. The van der Waals surface area contributed by atoms with Gasteiger partial charge in [0.2, 0.25) is 5.91 Å². The summed E-state index contributed by atoms with van der Waals surface area (Å²) >= 11 is 0. The first-order chi connectivity index (χ1) is 12.4. The Morgan fingerprint density at radius 1 is 1.15 bits per heavy atom. The van der Waals surface area contributed by atoms with E-state index in [9.17, 15) is 14.4 Å². The van der Waals surface area contributed by atoms with Crippen LogP contribution < -0.4 is 5.32 Å². The molecule has 2 aliphatic rings. The van der Waals surface area contributed by atoms with Crippen molar-refractivity contribution < 1.29 is 19.1 Å². The lowest BCUT2D eigenvalue weighted by molar-refractivity contribution is -0.151. The number of hydrogen-bond donors (Lipinski definition) is 1. The van der Waals surface area contributed by atoms with Gasteiger partial charge in [-0.3, -0.25) is 14.4 Å². The number of aryl methyl sites for hydroxylation is 2. The predicted molar refractivity (Wildman–Crippen MR) is 97.6 cm³/mol. The van der Waals surface area contributed by atoms with Gasteiger partial charge < -0.3 is 15.0 Å². The summed E-state index contributed by atoms with van der Waals surface area (Å²) < 4.78 is 5.15. The monoisotopic (exact) mass is 358 g/mol. The van der Waals surface area contributed by atoms with Crippen molar-refractivity contribution in [2.75, 3.05) is 18.5 Å². The summed E-state index contributed by atoms with van der Waals surface area (Å²) in [6.07, 6.45) is 4.51. The van der Waals surface area contributed by atoms with Crippen LogP contribution >= 0.6 is 0 Å². The topological polar surface area (TPSA) is 75.7 Å². The summed E-state index contributed by atoms with van der Waals surface area (Å²) in [6, 6.07) is 6.01. The zero-order valence-electron chi connectivity index (χ0n) is 15.4. The van der Waals surface area contributed by atoms with Gasteiger partial charge in [-0.15, -0.1) is 0 Å². The normalized spacial score (nSPS) is 20.5. The Kier molecular flexibility index (Phi) is 5.59. The Hall–Kier alpha value is -2.37. The van der Waals surface area contributed by atoms with E-state index in [1.165, 1.54) is 0 Å². The van der Waals surface area contributed by atoms with Crippen molar-refractivity contribution in [3.63, 3.8) is 0 Å². The van der Waals surface area contributed by atoms with Gasteiger partial charge in [-0.05, 0) is 49.9 Å². The fourth-order valence-electron chi connectivity index (χ4n) is 3.96. The molecule has 2 fully saturated rings. The SMILES string of the molecule is Cc1cc(C)cc(NC(=O)COC(=O)[C@@H]2CC(=O)N(C3CCCC3)C2)c1. The molecule has 26 heavy (non-hydrogen) atoms. The van der Waals surface area contributed by atoms with Crippen molar-refractivity contribution in [3.8, 4) is 0 Å². The predicted octanol–water partition coefficient (Wildman–Crippen LogP) is 2.58. The van der Waals surface area contributed by atoms with Gasteiger partial charge >= 0.3 is 5.97 Å². The number of rotatable bonds is 5. The smallest absolute Gasteiger partial charge is 0.311 e. The molecule has 0 spiro atoms. The van der Waals surface area contributed by atoms with E-state index in [4.69, 9.17) is 4.74 Å². The standard InChI is InChI=1S/C20H26N2O4/c1-13-7-14(2)9-16(8-13)21-18(23)12-26-20(25)15-10-19(24)22(11-15)17-5-3-4-6-17/h7-9,15,17H,3-6,10-12H2,1-2H3,(H,21,23)/t15-/m1/s1. The first-order valence-electron chi connectivity index (χ1n) is 9.26. The molecule has 1 saturated carbocycles. The van der Waals surface area contributed by atoms with E-state index in [-0.39, 0.29) is 30.9 Å². The summed E-state index contributed by atoms with van der Waals surface area (Å²) in [7, 11) is 0. The highest BCUT2D eigenvalue weighted by molar-refractivity contribution is 5.93. The average Bonchev–Trinajstić information content (AvgIpc) is 3.20. The summed E-state index contributed by atoms with van der Waals surface area (Å²) in [5, 5.41) is 2.74. The molecule has 1 N–H and O–H groups in total. The van der Waals surface area contributed by atoms with Crippen molar-refractivity contribution in [2.24, 2.45) is 5.92 Å².